The van der Waals surface area contributed by atoms with E-state index in [-0.39, 0.29) is 24.0 Å². The highest BCUT2D eigenvalue weighted by Crippen LogP contribution is 2.09. The van der Waals surface area contributed by atoms with E-state index in [0.717, 1.165) is 0 Å². The Morgan fingerprint density at radius 3 is 2.06 bits per heavy atom. The fraction of sp³-hybridized carbons (Fsp3) is 0.429. The Morgan fingerprint density at radius 1 is 1.06 bits per heavy atom. The van der Waals surface area contributed by atoms with Gasteiger partial charge in [0.15, 0.2) is 0 Å². The first-order valence-corrected chi connectivity index (χ1v) is 6.12. The van der Waals surface area contributed by atoms with Crippen LogP contribution < -0.4 is 5.32 Å². The average Bonchev–Trinajstić information content (AvgIpc) is 2.28. The van der Waals surface area contributed by atoms with Crippen LogP contribution in [0.2, 0.25) is 0 Å². The molecule has 4 heteroatoms. The van der Waals surface area contributed by atoms with Gasteiger partial charge >= 0.3 is 6.03 Å². The number of hydrogen-bond donors (Lipinski definition) is 1. The molecule has 0 aliphatic heterocycles. The number of rotatable bonds is 3. The van der Waals surface area contributed by atoms with Crippen molar-refractivity contribution in [3.05, 3.63) is 35.9 Å². The predicted molar refractivity (Wildman–Crippen MR) is 71.4 cm³/mol. The van der Waals surface area contributed by atoms with Crippen molar-refractivity contribution in [2.24, 2.45) is 0 Å². The van der Waals surface area contributed by atoms with Gasteiger partial charge in [0.2, 0.25) is 0 Å². The van der Waals surface area contributed by atoms with Crippen molar-refractivity contribution in [2.75, 3.05) is 0 Å². The van der Waals surface area contributed by atoms with E-state index in [4.69, 9.17) is 0 Å². The minimum Gasteiger partial charge on any atom is -0.335 e. The number of carbonyl (C=O) groups excluding carboxylic acids is 2. The smallest absolute Gasteiger partial charge is 0.324 e. The third kappa shape index (κ3) is 3.58. The van der Waals surface area contributed by atoms with Crippen LogP contribution >= 0.6 is 0 Å². The molecule has 0 spiro atoms. The van der Waals surface area contributed by atoms with E-state index in [1.165, 1.54) is 4.90 Å². The third-order valence-corrected chi connectivity index (χ3v) is 2.39. The maximum atomic E-state index is 12.3. The number of benzene rings is 1. The van der Waals surface area contributed by atoms with Crippen LogP contribution in [0.25, 0.3) is 0 Å². The molecule has 0 atom stereocenters. The van der Waals surface area contributed by atoms with Crippen LogP contribution in [0.3, 0.4) is 0 Å². The van der Waals surface area contributed by atoms with E-state index in [1.807, 2.05) is 33.8 Å². The van der Waals surface area contributed by atoms with Crippen LogP contribution in [0.15, 0.2) is 30.3 Å². The molecule has 0 bridgehead atoms. The number of urea groups is 1. The zero-order valence-corrected chi connectivity index (χ0v) is 11.3. The molecule has 0 heterocycles. The second-order valence-corrected chi connectivity index (χ2v) is 4.74. The zero-order valence-electron chi connectivity index (χ0n) is 11.3. The van der Waals surface area contributed by atoms with Crippen molar-refractivity contribution < 1.29 is 9.59 Å². The van der Waals surface area contributed by atoms with Crippen LogP contribution in [-0.2, 0) is 0 Å². The first kappa shape index (κ1) is 14.2. The SMILES string of the molecule is CC(C)NC(=O)N(C(=O)c1ccccc1)C(C)C. The lowest BCUT2D eigenvalue weighted by atomic mass is 10.2. The summed E-state index contributed by atoms with van der Waals surface area (Å²) in [5.74, 6) is -0.274. The quantitative estimate of drug-likeness (QED) is 0.894. The van der Waals surface area contributed by atoms with Gasteiger partial charge in [0.25, 0.3) is 5.91 Å². The summed E-state index contributed by atoms with van der Waals surface area (Å²) in [6, 6.07) is 8.29. The summed E-state index contributed by atoms with van der Waals surface area (Å²) in [6.07, 6.45) is 0. The first-order chi connectivity index (χ1) is 8.43. The number of hydrogen-bond acceptors (Lipinski definition) is 2. The number of carbonyl (C=O) groups is 2. The van der Waals surface area contributed by atoms with Crippen LogP contribution in [-0.4, -0.2) is 28.9 Å². The Kier molecular flexibility index (Phi) is 4.89. The van der Waals surface area contributed by atoms with E-state index in [2.05, 4.69) is 5.32 Å². The summed E-state index contributed by atoms with van der Waals surface area (Å²) in [7, 11) is 0. The Morgan fingerprint density at radius 2 is 1.61 bits per heavy atom. The van der Waals surface area contributed by atoms with Crippen molar-refractivity contribution >= 4 is 11.9 Å². The number of imide groups is 1. The van der Waals surface area contributed by atoms with Gasteiger partial charge in [-0.25, -0.2) is 4.79 Å². The molecule has 0 saturated carbocycles. The Hall–Kier alpha value is -1.84. The van der Waals surface area contributed by atoms with Crippen molar-refractivity contribution in [1.82, 2.24) is 10.2 Å². The molecule has 0 saturated heterocycles. The standard InChI is InChI=1S/C14H20N2O2/c1-10(2)15-14(18)16(11(3)4)13(17)12-8-6-5-7-9-12/h5-11H,1-4H3,(H,15,18). The number of nitrogens with one attached hydrogen (secondary N) is 1. The Balaban J connectivity index is 2.93. The molecule has 1 aromatic carbocycles. The van der Waals surface area contributed by atoms with E-state index in [0.29, 0.717) is 5.56 Å². The van der Waals surface area contributed by atoms with E-state index >= 15 is 0 Å². The summed E-state index contributed by atoms with van der Waals surface area (Å²) in [6.45, 7) is 7.37. The highest BCUT2D eigenvalue weighted by Gasteiger charge is 2.25. The molecule has 98 valence electrons. The van der Waals surface area contributed by atoms with E-state index < -0.39 is 0 Å². The number of amides is 3. The highest BCUT2D eigenvalue weighted by molar-refractivity contribution is 6.04. The van der Waals surface area contributed by atoms with Gasteiger partial charge in [-0.1, -0.05) is 18.2 Å². The third-order valence-electron chi connectivity index (χ3n) is 2.39. The van der Waals surface area contributed by atoms with Gasteiger partial charge in [-0.15, -0.1) is 0 Å². The molecule has 0 aliphatic rings. The lowest BCUT2D eigenvalue weighted by Gasteiger charge is -2.26. The average molecular weight is 248 g/mol. The molecule has 1 aromatic rings. The van der Waals surface area contributed by atoms with Crippen molar-refractivity contribution in [3.63, 3.8) is 0 Å². The normalized spacial score (nSPS) is 10.6. The summed E-state index contributed by atoms with van der Waals surface area (Å²) in [5.41, 5.74) is 0.519. The van der Waals surface area contributed by atoms with Gasteiger partial charge in [-0.2, -0.15) is 0 Å². The highest BCUT2D eigenvalue weighted by atomic mass is 16.2. The Labute approximate surface area is 108 Å². The van der Waals surface area contributed by atoms with Gasteiger partial charge in [0, 0.05) is 17.6 Å². The van der Waals surface area contributed by atoms with E-state index in [9.17, 15) is 9.59 Å². The lowest BCUT2D eigenvalue weighted by Crippen LogP contribution is -2.49. The van der Waals surface area contributed by atoms with Crippen LogP contribution in [0.4, 0.5) is 4.79 Å². The second-order valence-electron chi connectivity index (χ2n) is 4.74. The van der Waals surface area contributed by atoms with Crippen LogP contribution in [0, 0.1) is 0 Å². The monoisotopic (exact) mass is 248 g/mol. The topological polar surface area (TPSA) is 49.4 Å². The molecular weight excluding hydrogens is 228 g/mol. The molecule has 0 aliphatic carbocycles. The second kappa shape index (κ2) is 6.19. The van der Waals surface area contributed by atoms with Crippen molar-refractivity contribution in [3.8, 4) is 0 Å². The van der Waals surface area contributed by atoms with Gasteiger partial charge in [0.1, 0.15) is 0 Å². The molecule has 0 radical (unpaired) electrons. The predicted octanol–water partition coefficient (Wildman–Crippen LogP) is 2.66. The van der Waals surface area contributed by atoms with Crippen LogP contribution in [0.5, 0.6) is 0 Å². The van der Waals surface area contributed by atoms with Crippen molar-refractivity contribution in [2.45, 2.75) is 39.8 Å². The summed E-state index contributed by atoms with van der Waals surface area (Å²) in [5, 5.41) is 2.74. The van der Waals surface area contributed by atoms with Gasteiger partial charge in [-0.3, -0.25) is 9.69 Å². The molecule has 1 rings (SSSR count). The molecular formula is C14H20N2O2. The molecule has 4 nitrogen and oxygen atoms in total. The molecule has 0 unspecified atom stereocenters. The van der Waals surface area contributed by atoms with E-state index in [1.54, 1.807) is 24.3 Å². The molecule has 18 heavy (non-hydrogen) atoms. The minimum atomic E-state index is -0.353. The summed E-state index contributed by atoms with van der Waals surface area (Å²) in [4.78, 5) is 25.5. The molecule has 1 N–H and O–H groups in total. The molecule has 0 aromatic heterocycles. The fourth-order valence-corrected chi connectivity index (χ4v) is 1.60. The minimum absolute atomic E-state index is 0.00215. The summed E-state index contributed by atoms with van der Waals surface area (Å²) < 4.78 is 0. The zero-order chi connectivity index (χ0) is 13.7. The van der Waals surface area contributed by atoms with Gasteiger partial charge < -0.3 is 5.32 Å². The summed E-state index contributed by atoms with van der Waals surface area (Å²) >= 11 is 0. The van der Waals surface area contributed by atoms with Gasteiger partial charge in [-0.05, 0) is 39.8 Å². The van der Waals surface area contributed by atoms with Gasteiger partial charge in [0.05, 0.1) is 0 Å². The maximum Gasteiger partial charge on any atom is 0.324 e. The largest absolute Gasteiger partial charge is 0.335 e. The maximum absolute atomic E-state index is 12.3. The molecule has 0 fully saturated rings. The molecule has 3 amide bonds. The lowest BCUT2D eigenvalue weighted by molar-refractivity contribution is 0.0760. The Bertz CT molecular complexity index is 413. The first-order valence-electron chi connectivity index (χ1n) is 6.12. The number of nitrogens with zero attached hydrogens (tertiary/aromatic N) is 1. The van der Waals surface area contributed by atoms with Crippen LogP contribution in [0.1, 0.15) is 38.1 Å². The fourth-order valence-electron chi connectivity index (χ4n) is 1.60. The van der Waals surface area contributed by atoms with Crippen molar-refractivity contribution in [1.29, 1.82) is 0 Å².